The van der Waals surface area contributed by atoms with Crippen LogP contribution in [-0.2, 0) is 0 Å². The number of rotatable bonds is 3. The van der Waals surface area contributed by atoms with Crippen molar-refractivity contribution in [2.24, 2.45) is 0 Å². The Labute approximate surface area is 172 Å². The smallest absolute Gasteiger partial charge is 0.136 e. The Morgan fingerprint density at radius 1 is 0.931 bits per heavy atom. The monoisotopic (exact) mass is 397 g/mol. The van der Waals surface area contributed by atoms with Gasteiger partial charge in [-0.2, -0.15) is 0 Å². The minimum absolute atomic E-state index is 0.506. The third kappa shape index (κ3) is 2.98. The molecule has 0 spiro atoms. The molecule has 3 heterocycles. The van der Waals surface area contributed by atoms with Crippen LogP contribution in [0.3, 0.4) is 0 Å². The number of nitrogens with zero attached hydrogens (tertiary/aromatic N) is 4. The van der Waals surface area contributed by atoms with E-state index in [1.807, 2.05) is 18.2 Å². The van der Waals surface area contributed by atoms with Crippen molar-refractivity contribution in [3.63, 3.8) is 0 Å². The second-order valence-electron chi connectivity index (χ2n) is 7.11. The number of pyridine rings is 1. The number of benzene rings is 2. The fourth-order valence-electron chi connectivity index (χ4n) is 3.62. The van der Waals surface area contributed by atoms with Gasteiger partial charge in [0.2, 0.25) is 0 Å². The summed E-state index contributed by atoms with van der Waals surface area (Å²) in [5.41, 5.74) is 12.4. The number of aromatic nitrogens is 3. The number of fused-ring (bicyclic) bond motifs is 2. The van der Waals surface area contributed by atoms with Crippen molar-refractivity contribution in [3.8, 4) is 22.4 Å². The van der Waals surface area contributed by atoms with Gasteiger partial charge in [0.15, 0.2) is 0 Å². The summed E-state index contributed by atoms with van der Waals surface area (Å²) >= 11 is 1.58. The summed E-state index contributed by atoms with van der Waals surface area (Å²) in [5, 5.41) is 4.11. The van der Waals surface area contributed by atoms with E-state index < -0.39 is 0 Å². The lowest BCUT2D eigenvalue weighted by molar-refractivity contribution is 1.14. The maximum Gasteiger partial charge on any atom is 0.136 e. The van der Waals surface area contributed by atoms with E-state index in [0.717, 1.165) is 49.2 Å². The molecule has 0 aliphatic heterocycles. The molecule has 0 bridgehead atoms. The molecule has 2 N–H and O–H groups in total. The molecule has 5 aromatic rings. The highest BCUT2D eigenvalue weighted by atomic mass is 32.1. The average Bonchev–Trinajstić information content (AvgIpc) is 3.18. The first kappa shape index (κ1) is 17.6. The van der Waals surface area contributed by atoms with Gasteiger partial charge in [-0.05, 0) is 17.7 Å². The molecule has 0 saturated heterocycles. The van der Waals surface area contributed by atoms with Crippen molar-refractivity contribution in [1.29, 1.82) is 0 Å². The Bertz CT molecular complexity index is 1340. The summed E-state index contributed by atoms with van der Waals surface area (Å²) in [5.74, 6) is 0.506. The first-order valence-electron chi connectivity index (χ1n) is 9.27. The van der Waals surface area contributed by atoms with Crippen LogP contribution in [0.2, 0.25) is 0 Å². The molecular weight excluding hydrogens is 378 g/mol. The molecule has 29 heavy (non-hydrogen) atoms. The quantitative estimate of drug-likeness (QED) is 0.452. The van der Waals surface area contributed by atoms with Crippen LogP contribution in [0.25, 0.3) is 43.5 Å². The number of hydrogen-bond acceptors (Lipinski definition) is 6. The first-order chi connectivity index (χ1) is 14.1. The highest BCUT2D eigenvalue weighted by Gasteiger charge is 2.14. The fourth-order valence-corrected chi connectivity index (χ4v) is 4.54. The van der Waals surface area contributed by atoms with Crippen LogP contribution in [0, 0.1) is 0 Å². The van der Waals surface area contributed by atoms with Crippen molar-refractivity contribution >= 4 is 44.0 Å². The molecule has 5 nitrogen and oxygen atoms in total. The van der Waals surface area contributed by atoms with Crippen LogP contribution in [0.15, 0.2) is 66.3 Å². The highest BCUT2D eigenvalue weighted by Crippen LogP contribution is 2.38. The van der Waals surface area contributed by atoms with Gasteiger partial charge in [-0.15, -0.1) is 11.3 Å². The molecule has 2 aromatic carbocycles. The molecule has 0 amide bonds. The summed E-state index contributed by atoms with van der Waals surface area (Å²) in [6.45, 7) is 0. The molecule has 6 heteroatoms. The normalized spacial score (nSPS) is 11.2. The van der Waals surface area contributed by atoms with E-state index >= 15 is 0 Å². The topological polar surface area (TPSA) is 67.9 Å². The number of nitrogens with two attached hydrogens (primary N) is 1. The zero-order valence-corrected chi connectivity index (χ0v) is 16.9. The van der Waals surface area contributed by atoms with Gasteiger partial charge in [0, 0.05) is 41.7 Å². The van der Waals surface area contributed by atoms with Crippen LogP contribution in [0.4, 0.5) is 11.5 Å². The van der Waals surface area contributed by atoms with Gasteiger partial charge in [0.25, 0.3) is 0 Å². The van der Waals surface area contributed by atoms with Crippen molar-refractivity contribution < 1.29 is 0 Å². The molecule has 3 aromatic heterocycles. The fraction of sp³-hybridized carbons (Fsp3) is 0.0870. The Kier molecular flexibility index (Phi) is 4.14. The third-order valence-corrected chi connectivity index (χ3v) is 5.94. The van der Waals surface area contributed by atoms with Crippen molar-refractivity contribution in [2.75, 3.05) is 24.7 Å². The zero-order chi connectivity index (χ0) is 20.0. The summed E-state index contributed by atoms with van der Waals surface area (Å²) in [4.78, 5) is 16.5. The maximum atomic E-state index is 6.15. The Morgan fingerprint density at radius 3 is 2.55 bits per heavy atom. The molecule has 0 aliphatic rings. The Balaban J connectivity index is 1.75. The van der Waals surface area contributed by atoms with Crippen LogP contribution in [-0.4, -0.2) is 29.0 Å². The molecular formula is C23H19N5S. The van der Waals surface area contributed by atoms with E-state index in [9.17, 15) is 0 Å². The minimum atomic E-state index is 0.506. The molecule has 142 valence electrons. The molecule has 0 saturated carbocycles. The predicted molar refractivity (Wildman–Crippen MR) is 122 cm³/mol. The summed E-state index contributed by atoms with van der Waals surface area (Å²) in [7, 11) is 4.11. The maximum absolute atomic E-state index is 6.15. The molecule has 0 unspecified atom stereocenters. The second kappa shape index (κ2) is 6.83. The van der Waals surface area contributed by atoms with Crippen LogP contribution in [0.5, 0.6) is 0 Å². The molecule has 5 rings (SSSR count). The van der Waals surface area contributed by atoms with Crippen molar-refractivity contribution in [3.05, 3.63) is 66.3 Å². The van der Waals surface area contributed by atoms with E-state index in [2.05, 4.69) is 70.7 Å². The Morgan fingerprint density at radius 2 is 1.76 bits per heavy atom. The lowest BCUT2D eigenvalue weighted by Gasteiger charge is -2.17. The van der Waals surface area contributed by atoms with Crippen molar-refractivity contribution in [2.45, 2.75) is 0 Å². The van der Waals surface area contributed by atoms with Gasteiger partial charge in [-0.1, -0.05) is 42.5 Å². The van der Waals surface area contributed by atoms with E-state index in [1.165, 1.54) is 6.33 Å². The van der Waals surface area contributed by atoms with E-state index in [4.69, 9.17) is 10.7 Å². The van der Waals surface area contributed by atoms with E-state index in [1.54, 1.807) is 11.3 Å². The molecule has 0 fully saturated rings. The summed E-state index contributed by atoms with van der Waals surface area (Å²) in [6.07, 6.45) is 1.51. The SMILES string of the molecule is CN(C)c1cc(-c2ccccc2)nc2cc(-c3csc4ncnc(N)c34)ccc12. The lowest BCUT2D eigenvalue weighted by Crippen LogP contribution is -2.09. The highest BCUT2D eigenvalue weighted by molar-refractivity contribution is 7.17. The Hall–Kier alpha value is -3.51. The number of thiophene rings is 1. The lowest BCUT2D eigenvalue weighted by atomic mass is 10.0. The predicted octanol–water partition coefficient (Wildman–Crippen LogP) is 5.22. The molecule has 0 aliphatic carbocycles. The standard InChI is InChI=1S/C23H19N5S/c1-28(2)20-11-18(14-6-4-3-5-7-14)27-19-10-15(8-9-16(19)20)17-12-29-23-21(17)22(24)25-13-26-23/h3-13H,1-2H3,(H2,24,25,26). The minimum Gasteiger partial charge on any atom is -0.383 e. The number of anilines is 2. The summed E-state index contributed by atoms with van der Waals surface area (Å²) in [6, 6.07) is 18.8. The molecule has 0 radical (unpaired) electrons. The van der Waals surface area contributed by atoms with Gasteiger partial charge in [0.1, 0.15) is 17.0 Å². The van der Waals surface area contributed by atoms with Gasteiger partial charge in [0.05, 0.1) is 16.6 Å². The van der Waals surface area contributed by atoms with Gasteiger partial charge in [-0.25, -0.2) is 15.0 Å². The van der Waals surface area contributed by atoms with E-state index in [-0.39, 0.29) is 0 Å². The number of hydrogen-bond donors (Lipinski definition) is 1. The van der Waals surface area contributed by atoms with E-state index in [0.29, 0.717) is 5.82 Å². The van der Waals surface area contributed by atoms with Crippen LogP contribution >= 0.6 is 11.3 Å². The van der Waals surface area contributed by atoms with Crippen LogP contribution < -0.4 is 10.6 Å². The third-order valence-electron chi connectivity index (χ3n) is 5.05. The van der Waals surface area contributed by atoms with Crippen molar-refractivity contribution in [1.82, 2.24) is 15.0 Å². The van der Waals surface area contributed by atoms with Gasteiger partial charge >= 0.3 is 0 Å². The largest absolute Gasteiger partial charge is 0.383 e. The van der Waals surface area contributed by atoms with Gasteiger partial charge in [-0.3, -0.25) is 0 Å². The number of nitrogen functional groups attached to an aromatic ring is 1. The average molecular weight is 398 g/mol. The van der Waals surface area contributed by atoms with Crippen LogP contribution in [0.1, 0.15) is 0 Å². The first-order valence-corrected chi connectivity index (χ1v) is 10.2. The summed E-state index contributed by atoms with van der Waals surface area (Å²) < 4.78 is 0. The van der Waals surface area contributed by atoms with Gasteiger partial charge < -0.3 is 10.6 Å². The zero-order valence-electron chi connectivity index (χ0n) is 16.1. The second-order valence-corrected chi connectivity index (χ2v) is 7.97. The molecule has 0 atom stereocenters.